The summed E-state index contributed by atoms with van der Waals surface area (Å²) in [6.07, 6.45) is 5.53. The zero-order valence-electron chi connectivity index (χ0n) is 14.9. The second-order valence-electron chi connectivity index (χ2n) is 6.88. The Balaban J connectivity index is 1.54. The first-order valence-electron chi connectivity index (χ1n) is 8.98. The van der Waals surface area contributed by atoms with Gasteiger partial charge in [0.15, 0.2) is 0 Å². The van der Waals surface area contributed by atoms with E-state index in [9.17, 15) is 14.3 Å². The normalized spacial score (nSPS) is 20.0. The lowest BCUT2D eigenvalue weighted by Gasteiger charge is -2.26. The average Bonchev–Trinajstić information content (AvgIpc) is 3.02. The molecular weight excluding hydrogens is 349 g/mol. The van der Waals surface area contributed by atoms with Crippen molar-refractivity contribution < 1.29 is 14.3 Å². The molecule has 0 aliphatic heterocycles. The van der Waals surface area contributed by atoms with Gasteiger partial charge in [0.1, 0.15) is 5.82 Å². The van der Waals surface area contributed by atoms with Crippen molar-refractivity contribution in [2.75, 3.05) is 0 Å². The van der Waals surface area contributed by atoms with E-state index in [0.29, 0.717) is 35.0 Å². The summed E-state index contributed by atoms with van der Waals surface area (Å²) in [4.78, 5) is 20.8. The maximum absolute atomic E-state index is 14.0. The Morgan fingerprint density at radius 3 is 2.63 bits per heavy atom. The smallest absolute Gasteiger partial charge is 0.254 e. The van der Waals surface area contributed by atoms with Gasteiger partial charge in [-0.15, -0.1) is 0 Å². The first kappa shape index (κ1) is 17.5. The van der Waals surface area contributed by atoms with Crippen molar-refractivity contribution in [3.05, 3.63) is 47.7 Å². The van der Waals surface area contributed by atoms with Gasteiger partial charge in [0.05, 0.1) is 28.3 Å². The predicted molar refractivity (Wildman–Crippen MR) is 97.1 cm³/mol. The largest absolute Gasteiger partial charge is 0.393 e. The van der Waals surface area contributed by atoms with Crippen LogP contribution < -0.4 is 5.32 Å². The number of aliphatic hydroxyl groups excluding tert-OH is 1. The van der Waals surface area contributed by atoms with Crippen molar-refractivity contribution in [2.24, 2.45) is 0 Å². The molecule has 1 amide bonds. The number of amides is 1. The van der Waals surface area contributed by atoms with Crippen LogP contribution in [0.2, 0.25) is 0 Å². The van der Waals surface area contributed by atoms with Gasteiger partial charge in [0.2, 0.25) is 0 Å². The fraction of sp³-hybridized carbons (Fsp3) is 0.368. The van der Waals surface area contributed by atoms with Crippen molar-refractivity contribution >= 4 is 16.8 Å². The van der Waals surface area contributed by atoms with Gasteiger partial charge in [-0.3, -0.25) is 4.79 Å². The fourth-order valence-corrected chi connectivity index (χ4v) is 3.49. The van der Waals surface area contributed by atoms with E-state index in [2.05, 4.69) is 20.4 Å². The number of hydrogen-bond donors (Lipinski definition) is 2. The minimum atomic E-state index is -0.343. The topological polar surface area (TPSA) is 92.9 Å². The molecule has 0 spiro atoms. The number of halogens is 1. The minimum Gasteiger partial charge on any atom is -0.393 e. The van der Waals surface area contributed by atoms with Crippen molar-refractivity contribution in [1.82, 2.24) is 25.1 Å². The zero-order chi connectivity index (χ0) is 19.0. The van der Waals surface area contributed by atoms with Crippen LogP contribution in [-0.2, 0) is 0 Å². The molecule has 2 heterocycles. The lowest BCUT2D eigenvalue weighted by atomic mass is 9.93. The molecule has 3 aromatic rings. The van der Waals surface area contributed by atoms with E-state index >= 15 is 0 Å². The summed E-state index contributed by atoms with van der Waals surface area (Å²) < 4.78 is 15.5. The van der Waals surface area contributed by atoms with Crippen LogP contribution in [0.4, 0.5) is 4.39 Å². The number of carbonyl (C=O) groups is 1. The van der Waals surface area contributed by atoms with Gasteiger partial charge in [-0.25, -0.2) is 14.4 Å². The molecule has 7 nitrogen and oxygen atoms in total. The maximum Gasteiger partial charge on any atom is 0.254 e. The summed E-state index contributed by atoms with van der Waals surface area (Å²) in [5.41, 5.74) is 1.47. The van der Waals surface area contributed by atoms with E-state index in [1.165, 1.54) is 23.1 Å². The number of fused-ring (bicyclic) bond motifs is 1. The molecule has 2 N–H and O–H groups in total. The third kappa shape index (κ3) is 3.40. The molecule has 0 radical (unpaired) electrons. The molecule has 0 unspecified atom stereocenters. The molecule has 1 fully saturated rings. The second kappa shape index (κ2) is 7.03. The third-order valence-corrected chi connectivity index (χ3v) is 4.95. The number of nitrogens with zero attached hydrogens (tertiary/aromatic N) is 4. The van der Waals surface area contributed by atoms with Crippen LogP contribution in [0.25, 0.3) is 16.9 Å². The number of carbonyl (C=O) groups excluding carboxylic acids is 1. The lowest BCUT2D eigenvalue weighted by Crippen LogP contribution is -2.38. The SMILES string of the molecule is Cc1nn(-c2ncc(C(=O)NC3CCC(O)CC3)cn2)c2cccc(F)c12. The Kier molecular flexibility index (Phi) is 4.57. The molecule has 1 aliphatic carbocycles. The third-order valence-electron chi connectivity index (χ3n) is 4.95. The number of aliphatic hydroxyl groups is 1. The van der Waals surface area contributed by atoms with Crippen molar-refractivity contribution in [3.8, 4) is 5.95 Å². The lowest BCUT2D eigenvalue weighted by molar-refractivity contribution is 0.0867. The molecule has 1 aromatic carbocycles. The monoisotopic (exact) mass is 369 g/mol. The Bertz CT molecular complexity index is 978. The van der Waals surface area contributed by atoms with Gasteiger partial charge in [-0.05, 0) is 44.7 Å². The van der Waals surface area contributed by atoms with E-state index in [4.69, 9.17) is 0 Å². The first-order chi connectivity index (χ1) is 13.0. The molecule has 0 atom stereocenters. The summed E-state index contributed by atoms with van der Waals surface area (Å²) in [5, 5.41) is 17.3. The number of aryl methyl sites for hydroxylation is 1. The first-order valence-corrected chi connectivity index (χ1v) is 8.98. The van der Waals surface area contributed by atoms with E-state index in [1.807, 2.05) is 0 Å². The molecule has 1 aliphatic rings. The molecule has 0 saturated heterocycles. The van der Waals surface area contributed by atoms with Gasteiger partial charge in [-0.2, -0.15) is 9.78 Å². The van der Waals surface area contributed by atoms with E-state index < -0.39 is 0 Å². The van der Waals surface area contributed by atoms with Crippen LogP contribution in [0.15, 0.2) is 30.6 Å². The van der Waals surface area contributed by atoms with Crippen molar-refractivity contribution in [1.29, 1.82) is 0 Å². The number of hydrogen-bond acceptors (Lipinski definition) is 5. The fourth-order valence-electron chi connectivity index (χ4n) is 3.49. The Labute approximate surface area is 155 Å². The summed E-state index contributed by atoms with van der Waals surface area (Å²) in [5.74, 6) is -0.309. The molecular formula is C19H20FN5O2. The van der Waals surface area contributed by atoms with Gasteiger partial charge >= 0.3 is 0 Å². The quantitative estimate of drug-likeness (QED) is 0.739. The molecule has 4 rings (SSSR count). The van der Waals surface area contributed by atoms with Gasteiger partial charge < -0.3 is 10.4 Å². The maximum atomic E-state index is 14.0. The van der Waals surface area contributed by atoms with E-state index in [-0.39, 0.29) is 29.8 Å². The summed E-state index contributed by atoms with van der Waals surface area (Å²) in [6, 6.07) is 4.80. The molecule has 140 valence electrons. The molecule has 27 heavy (non-hydrogen) atoms. The van der Waals surface area contributed by atoms with Gasteiger partial charge in [0, 0.05) is 18.4 Å². The molecule has 0 bridgehead atoms. The van der Waals surface area contributed by atoms with Crippen LogP contribution in [0.5, 0.6) is 0 Å². The predicted octanol–water partition coefficient (Wildman–Crippen LogP) is 2.30. The van der Waals surface area contributed by atoms with Crippen molar-refractivity contribution in [3.63, 3.8) is 0 Å². The van der Waals surface area contributed by atoms with Crippen LogP contribution >= 0.6 is 0 Å². The summed E-state index contributed by atoms with van der Waals surface area (Å²) >= 11 is 0. The summed E-state index contributed by atoms with van der Waals surface area (Å²) in [6.45, 7) is 1.73. The minimum absolute atomic E-state index is 0.0567. The van der Waals surface area contributed by atoms with Gasteiger partial charge in [0.25, 0.3) is 11.9 Å². The second-order valence-corrected chi connectivity index (χ2v) is 6.88. The number of rotatable bonds is 3. The highest BCUT2D eigenvalue weighted by Crippen LogP contribution is 2.23. The summed E-state index contributed by atoms with van der Waals surface area (Å²) in [7, 11) is 0. The Morgan fingerprint density at radius 2 is 1.93 bits per heavy atom. The van der Waals surface area contributed by atoms with Crippen molar-refractivity contribution in [2.45, 2.75) is 44.8 Å². The van der Waals surface area contributed by atoms with Crippen LogP contribution in [0.3, 0.4) is 0 Å². The van der Waals surface area contributed by atoms with E-state index in [0.717, 1.165) is 12.8 Å². The highest BCUT2D eigenvalue weighted by atomic mass is 19.1. The average molecular weight is 369 g/mol. The standard InChI is InChI=1S/C19H20FN5O2/c1-11-17-15(20)3-2-4-16(17)25(24-11)19-21-9-12(10-22-19)18(27)23-13-5-7-14(26)8-6-13/h2-4,9-10,13-14,26H,5-8H2,1H3,(H,23,27). The Hall–Kier alpha value is -2.87. The van der Waals surface area contributed by atoms with Crippen LogP contribution in [-0.4, -0.2) is 42.9 Å². The van der Waals surface area contributed by atoms with Crippen LogP contribution in [0, 0.1) is 12.7 Å². The van der Waals surface area contributed by atoms with E-state index in [1.54, 1.807) is 19.1 Å². The highest BCUT2D eigenvalue weighted by molar-refractivity contribution is 5.93. The Morgan fingerprint density at radius 1 is 1.22 bits per heavy atom. The van der Waals surface area contributed by atoms with Gasteiger partial charge in [-0.1, -0.05) is 6.07 Å². The molecule has 8 heteroatoms. The molecule has 1 saturated carbocycles. The number of aromatic nitrogens is 4. The highest BCUT2D eigenvalue weighted by Gasteiger charge is 2.22. The van der Waals surface area contributed by atoms with Crippen LogP contribution in [0.1, 0.15) is 41.7 Å². The zero-order valence-corrected chi connectivity index (χ0v) is 14.9. The number of nitrogens with one attached hydrogen (secondary N) is 1. The number of benzene rings is 1. The molecule has 2 aromatic heterocycles.